The van der Waals surface area contributed by atoms with Crippen LogP contribution in [0.25, 0.3) is 22.3 Å². The Hall–Kier alpha value is -3.42. The van der Waals surface area contributed by atoms with Crippen molar-refractivity contribution >= 4 is 28.6 Å². The van der Waals surface area contributed by atoms with Gasteiger partial charge in [0.05, 0.1) is 0 Å². The fourth-order valence-electron chi connectivity index (χ4n) is 3.39. The number of hydrogen-bond acceptors (Lipinski definition) is 6. The van der Waals surface area contributed by atoms with Gasteiger partial charge in [0.15, 0.2) is 5.82 Å². The van der Waals surface area contributed by atoms with E-state index in [0.717, 1.165) is 35.4 Å². The molecule has 0 aliphatic carbocycles. The highest BCUT2D eigenvalue weighted by Gasteiger charge is 2.16. The van der Waals surface area contributed by atoms with Gasteiger partial charge in [0.2, 0.25) is 5.90 Å². The number of amidine groups is 1. The van der Waals surface area contributed by atoms with Crippen molar-refractivity contribution in [3.63, 3.8) is 0 Å². The number of aromatic nitrogens is 3. The third-order valence-corrected chi connectivity index (χ3v) is 4.72. The number of H-pyrrole nitrogens is 1. The molecule has 1 aliphatic rings. The molecule has 1 saturated heterocycles. The van der Waals surface area contributed by atoms with Crippen molar-refractivity contribution in [2.45, 2.75) is 19.3 Å². The molecule has 27 heavy (non-hydrogen) atoms. The minimum Gasteiger partial charge on any atom is -0.407 e. The molecule has 138 valence electrons. The highest BCUT2D eigenvalue weighted by atomic mass is 16.5. The predicted octanol–water partition coefficient (Wildman–Crippen LogP) is 2.85. The van der Waals surface area contributed by atoms with E-state index in [0.29, 0.717) is 11.4 Å². The SMILES string of the molecule is N=C(N)OC(=N)c1ccc2[nH]cc(-c3nccc(N4CCCCC4)n3)c2c1. The minimum absolute atomic E-state index is 0.167. The fraction of sp³-hybridized carbons (Fsp3) is 0.263. The van der Waals surface area contributed by atoms with Gasteiger partial charge in [-0.1, -0.05) is 0 Å². The number of rotatable bonds is 3. The van der Waals surface area contributed by atoms with Crippen LogP contribution in [0.4, 0.5) is 5.82 Å². The summed E-state index contributed by atoms with van der Waals surface area (Å²) in [5, 5.41) is 16.0. The lowest BCUT2D eigenvalue weighted by molar-refractivity contribution is 0.527. The van der Waals surface area contributed by atoms with Gasteiger partial charge in [-0.25, -0.2) is 9.97 Å². The van der Waals surface area contributed by atoms with Crippen LogP contribution in [0.1, 0.15) is 24.8 Å². The molecular weight excluding hydrogens is 342 g/mol. The maximum atomic E-state index is 7.94. The standard InChI is InChI=1S/C19H21N7O/c20-17(27-19(21)22)12-4-5-15-13(10-12)14(11-24-15)18-23-7-6-16(25-18)26-8-2-1-3-9-26/h4-7,10-11,20,24H,1-3,8-9H2,(H3,21,22). The van der Waals surface area contributed by atoms with Gasteiger partial charge in [-0.3, -0.25) is 10.8 Å². The zero-order valence-electron chi connectivity index (χ0n) is 14.8. The van der Waals surface area contributed by atoms with Gasteiger partial charge in [0, 0.05) is 47.5 Å². The molecule has 3 aromatic rings. The van der Waals surface area contributed by atoms with Crippen molar-refractivity contribution in [2.24, 2.45) is 5.73 Å². The van der Waals surface area contributed by atoms with Crippen molar-refractivity contribution in [1.29, 1.82) is 10.8 Å². The number of hydrogen-bond donors (Lipinski definition) is 4. The zero-order valence-corrected chi connectivity index (χ0v) is 14.8. The first-order chi connectivity index (χ1) is 13.1. The van der Waals surface area contributed by atoms with E-state index in [1.165, 1.54) is 19.3 Å². The molecule has 0 atom stereocenters. The van der Waals surface area contributed by atoms with Gasteiger partial charge in [-0.05, 0) is 43.5 Å². The Balaban J connectivity index is 1.71. The number of nitrogens with two attached hydrogens (primary N) is 1. The van der Waals surface area contributed by atoms with Crippen LogP contribution in [-0.4, -0.2) is 40.0 Å². The molecule has 4 rings (SSSR count). The molecule has 0 bridgehead atoms. The van der Waals surface area contributed by atoms with Crippen LogP contribution < -0.4 is 10.6 Å². The summed E-state index contributed by atoms with van der Waals surface area (Å²) in [6.45, 7) is 2.04. The first-order valence-electron chi connectivity index (χ1n) is 8.92. The lowest BCUT2D eigenvalue weighted by Gasteiger charge is -2.27. The van der Waals surface area contributed by atoms with Crippen molar-refractivity contribution < 1.29 is 4.74 Å². The van der Waals surface area contributed by atoms with Crippen LogP contribution in [0.5, 0.6) is 0 Å². The Morgan fingerprint density at radius 2 is 1.96 bits per heavy atom. The number of ether oxygens (including phenoxy) is 1. The number of benzene rings is 1. The quantitative estimate of drug-likeness (QED) is 0.420. The lowest BCUT2D eigenvalue weighted by Crippen LogP contribution is -2.30. The summed E-state index contributed by atoms with van der Waals surface area (Å²) in [4.78, 5) is 14.7. The van der Waals surface area contributed by atoms with Gasteiger partial charge >= 0.3 is 0 Å². The summed E-state index contributed by atoms with van der Waals surface area (Å²) in [6, 6.07) is 6.88. The molecule has 0 radical (unpaired) electrons. The van der Waals surface area contributed by atoms with Crippen LogP contribution in [0.2, 0.25) is 0 Å². The minimum atomic E-state index is -0.507. The molecule has 0 unspecified atom stereocenters. The summed E-state index contributed by atoms with van der Waals surface area (Å²) in [7, 11) is 0. The number of fused-ring (bicyclic) bond motifs is 1. The summed E-state index contributed by atoms with van der Waals surface area (Å²) in [5.74, 6) is 1.41. The predicted molar refractivity (Wildman–Crippen MR) is 105 cm³/mol. The molecule has 1 aromatic carbocycles. The molecule has 0 spiro atoms. The van der Waals surface area contributed by atoms with E-state index in [-0.39, 0.29) is 5.90 Å². The number of nitrogens with one attached hydrogen (secondary N) is 3. The van der Waals surface area contributed by atoms with Crippen LogP contribution in [0.15, 0.2) is 36.7 Å². The van der Waals surface area contributed by atoms with E-state index in [4.69, 9.17) is 26.3 Å². The third-order valence-electron chi connectivity index (χ3n) is 4.72. The van der Waals surface area contributed by atoms with Crippen molar-refractivity contribution in [3.8, 4) is 11.4 Å². The molecule has 8 heteroatoms. The Labute approximate surface area is 156 Å². The Morgan fingerprint density at radius 3 is 2.74 bits per heavy atom. The third kappa shape index (κ3) is 3.46. The average molecular weight is 363 g/mol. The Morgan fingerprint density at radius 1 is 1.15 bits per heavy atom. The van der Waals surface area contributed by atoms with Crippen molar-refractivity contribution in [3.05, 3.63) is 42.2 Å². The molecule has 2 aromatic heterocycles. The van der Waals surface area contributed by atoms with Gasteiger partial charge in [0.25, 0.3) is 6.02 Å². The van der Waals surface area contributed by atoms with E-state index in [2.05, 4.69) is 14.9 Å². The second-order valence-electron chi connectivity index (χ2n) is 6.54. The zero-order chi connectivity index (χ0) is 18.8. The fourth-order valence-corrected chi connectivity index (χ4v) is 3.39. The first kappa shape index (κ1) is 17.0. The van der Waals surface area contributed by atoms with E-state index in [1.807, 2.05) is 24.4 Å². The van der Waals surface area contributed by atoms with E-state index in [1.54, 1.807) is 12.3 Å². The largest absolute Gasteiger partial charge is 0.407 e. The average Bonchev–Trinajstić information content (AvgIpc) is 3.11. The summed E-state index contributed by atoms with van der Waals surface area (Å²) in [6.07, 6.45) is 7.31. The second kappa shape index (κ2) is 7.06. The topological polar surface area (TPSA) is 128 Å². The summed E-state index contributed by atoms with van der Waals surface area (Å²) in [5.41, 5.74) is 7.53. The molecule has 8 nitrogen and oxygen atoms in total. The highest BCUT2D eigenvalue weighted by Crippen LogP contribution is 2.28. The number of anilines is 1. The number of aromatic amines is 1. The Bertz CT molecular complexity index is 1000. The number of piperidine rings is 1. The summed E-state index contributed by atoms with van der Waals surface area (Å²) >= 11 is 0. The first-order valence-corrected chi connectivity index (χ1v) is 8.92. The van der Waals surface area contributed by atoms with Crippen molar-refractivity contribution in [1.82, 2.24) is 15.0 Å². The molecule has 0 saturated carbocycles. The normalized spacial score (nSPS) is 14.3. The number of nitrogens with zero attached hydrogens (tertiary/aromatic N) is 3. The van der Waals surface area contributed by atoms with Gasteiger partial charge in [0.1, 0.15) is 5.82 Å². The monoisotopic (exact) mass is 363 g/mol. The van der Waals surface area contributed by atoms with E-state index >= 15 is 0 Å². The van der Waals surface area contributed by atoms with E-state index in [9.17, 15) is 0 Å². The second-order valence-corrected chi connectivity index (χ2v) is 6.54. The molecular formula is C19H21N7O. The van der Waals surface area contributed by atoms with Crippen LogP contribution in [0.3, 0.4) is 0 Å². The smallest absolute Gasteiger partial charge is 0.285 e. The van der Waals surface area contributed by atoms with Gasteiger partial charge < -0.3 is 20.4 Å². The highest BCUT2D eigenvalue weighted by molar-refractivity contribution is 6.03. The van der Waals surface area contributed by atoms with E-state index < -0.39 is 6.02 Å². The van der Waals surface area contributed by atoms with Crippen LogP contribution >= 0.6 is 0 Å². The van der Waals surface area contributed by atoms with Gasteiger partial charge in [-0.15, -0.1) is 0 Å². The molecule has 1 aliphatic heterocycles. The molecule has 0 amide bonds. The maximum absolute atomic E-state index is 7.94. The molecule has 1 fully saturated rings. The summed E-state index contributed by atoms with van der Waals surface area (Å²) < 4.78 is 4.90. The molecule has 3 heterocycles. The Kier molecular flexibility index (Phi) is 4.45. The maximum Gasteiger partial charge on any atom is 0.285 e. The van der Waals surface area contributed by atoms with Crippen LogP contribution in [-0.2, 0) is 4.74 Å². The van der Waals surface area contributed by atoms with Crippen molar-refractivity contribution in [2.75, 3.05) is 18.0 Å². The van der Waals surface area contributed by atoms with Crippen LogP contribution in [0, 0.1) is 10.8 Å². The lowest BCUT2D eigenvalue weighted by atomic mass is 10.1. The molecule has 5 N–H and O–H groups in total. The van der Waals surface area contributed by atoms with Gasteiger partial charge in [-0.2, -0.15) is 0 Å².